The van der Waals surface area contributed by atoms with Gasteiger partial charge in [0, 0.05) is 18.2 Å². The van der Waals surface area contributed by atoms with Crippen LogP contribution >= 0.6 is 0 Å². The standard InChI is InChI=1S/C14H17NO/c1-10-6-13(10)15-8-11-7-12-4-2-3-5-14(12)16-9-11/h2-5,7,10,13,15H,6,8-9H2,1H3. The average Bonchev–Trinajstić information content (AvgIpc) is 3.03. The molecule has 2 unspecified atom stereocenters. The van der Waals surface area contributed by atoms with Gasteiger partial charge in [-0.05, 0) is 30.1 Å². The van der Waals surface area contributed by atoms with Gasteiger partial charge in [0.05, 0.1) is 0 Å². The summed E-state index contributed by atoms with van der Waals surface area (Å²) in [6, 6.07) is 8.94. The molecule has 2 nitrogen and oxygen atoms in total. The van der Waals surface area contributed by atoms with E-state index < -0.39 is 0 Å². The smallest absolute Gasteiger partial charge is 0.127 e. The molecule has 16 heavy (non-hydrogen) atoms. The largest absolute Gasteiger partial charge is 0.489 e. The number of rotatable bonds is 3. The van der Waals surface area contributed by atoms with Crippen molar-refractivity contribution < 1.29 is 4.74 Å². The molecule has 1 aromatic rings. The molecular formula is C14H17NO. The van der Waals surface area contributed by atoms with Gasteiger partial charge >= 0.3 is 0 Å². The monoisotopic (exact) mass is 215 g/mol. The first-order chi connectivity index (χ1) is 7.83. The summed E-state index contributed by atoms with van der Waals surface area (Å²) in [4.78, 5) is 0. The molecule has 0 saturated heterocycles. The maximum atomic E-state index is 5.71. The number of ether oxygens (including phenoxy) is 1. The molecule has 2 atom stereocenters. The topological polar surface area (TPSA) is 21.3 Å². The van der Waals surface area contributed by atoms with Crippen LogP contribution in [0.2, 0.25) is 0 Å². The highest BCUT2D eigenvalue weighted by molar-refractivity contribution is 5.62. The fourth-order valence-corrected chi connectivity index (χ4v) is 2.13. The number of nitrogens with one attached hydrogen (secondary N) is 1. The number of hydrogen-bond donors (Lipinski definition) is 1. The predicted molar refractivity (Wildman–Crippen MR) is 65.5 cm³/mol. The van der Waals surface area contributed by atoms with Gasteiger partial charge in [-0.3, -0.25) is 0 Å². The number of fused-ring (bicyclic) bond motifs is 1. The second-order valence-electron chi connectivity index (χ2n) is 4.83. The highest BCUT2D eigenvalue weighted by atomic mass is 16.5. The van der Waals surface area contributed by atoms with Crippen molar-refractivity contribution in [2.75, 3.05) is 13.2 Å². The molecule has 1 heterocycles. The third kappa shape index (κ3) is 1.98. The van der Waals surface area contributed by atoms with Crippen LogP contribution in [0.4, 0.5) is 0 Å². The van der Waals surface area contributed by atoms with E-state index in [1.807, 2.05) is 12.1 Å². The molecule has 0 aromatic heterocycles. The normalized spacial score (nSPS) is 26.7. The van der Waals surface area contributed by atoms with E-state index in [-0.39, 0.29) is 0 Å². The van der Waals surface area contributed by atoms with Gasteiger partial charge in [0.15, 0.2) is 0 Å². The fourth-order valence-electron chi connectivity index (χ4n) is 2.13. The molecule has 0 radical (unpaired) electrons. The van der Waals surface area contributed by atoms with Crippen molar-refractivity contribution in [3.05, 3.63) is 35.4 Å². The number of hydrogen-bond acceptors (Lipinski definition) is 2. The van der Waals surface area contributed by atoms with Crippen LogP contribution in [0.25, 0.3) is 6.08 Å². The van der Waals surface area contributed by atoms with Gasteiger partial charge in [-0.15, -0.1) is 0 Å². The molecule has 2 aliphatic rings. The molecule has 1 aromatic carbocycles. The Bertz CT molecular complexity index is 424. The number of para-hydroxylation sites is 1. The second-order valence-corrected chi connectivity index (χ2v) is 4.83. The maximum Gasteiger partial charge on any atom is 0.127 e. The number of benzene rings is 1. The quantitative estimate of drug-likeness (QED) is 0.836. The Morgan fingerprint density at radius 1 is 1.38 bits per heavy atom. The van der Waals surface area contributed by atoms with E-state index in [2.05, 4.69) is 30.4 Å². The summed E-state index contributed by atoms with van der Waals surface area (Å²) in [5, 5.41) is 3.56. The Hall–Kier alpha value is -1.28. The molecule has 0 bridgehead atoms. The van der Waals surface area contributed by atoms with Crippen molar-refractivity contribution in [1.82, 2.24) is 5.32 Å². The molecule has 0 spiro atoms. The zero-order chi connectivity index (χ0) is 11.0. The Kier molecular flexibility index (Phi) is 2.44. The molecule has 1 saturated carbocycles. The van der Waals surface area contributed by atoms with Crippen LogP contribution in [-0.4, -0.2) is 19.2 Å². The summed E-state index contributed by atoms with van der Waals surface area (Å²) < 4.78 is 5.71. The van der Waals surface area contributed by atoms with Gasteiger partial charge in [-0.1, -0.05) is 25.1 Å². The zero-order valence-electron chi connectivity index (χ0n) is 9.57. The summed E-state index contributed by atoms with van der Waals surface area (Å²) >= 11 is 0. The molecule has 1 fully saturated rings. The minimum Gasteiger partial charge on any atom is -0.489 e. The van der Waals surface area contributed by atoms with Crippen LogP contribution in [-0.2, 0) is 0 Å². The lowest BCUT2D eigenvalue weighted by Gasteiger charge is -2.18. The van der Waals surface area contributed by atoms with E-state index in [1.54, 1.807) is 0 Å². The summed E-state index contributed by atoms with van der Waals surface area (Å²) in [6.45, 7) is 3.98. The summed E-state index contributed by atoms with van der Waals surface area (Å²) in [6.07, 6.45) is 3.57. The molecule has 0 amide bonds. The Morgan fingerprint density at radius 2 is 2.19 bits per heavy atom. The Morgan fingerprint density at radius 3 is 3.00 bits per heavy atom. The highest BCUT2D eigenvalue weighted by Crippen LogP contribution is 2.30. The van der Waals surface area contributed by atoms with Gasteiger partial charge in [-0.25, -0.2) is 0 Å². The van der Waals surface area contributed by atoms with Crippen LogP contribution < -0.4 is 10.1 Å². The van der Waals surface area contributed by atoms with E-state index >= 15 is 0 Å². The Balaban J connectivity index is 1.66. The molecular weight excluding hydrogens is 198 g/mol. The lowest BCUT2D eigenvalue weighted by Crippen LogP contribution is -2.24. The molecule has 1 aliphatic carbocycles. The SMILES string of the molecule is CC1CC1NCC1=Cc2ccccc2OC1. The molecule has 1 N–H and O–H groups in total. The summed E-state index contributed by atoms with van der Waals surface area (Å²) in [7, 11) is 0. The molecule has 1 aliphatic heterocycles. The lowest BCUT2D eigenvalue weighted by atomic mass is 10.1. The lowest BCUT2D eigenvalue weighted by molar-refractivity contribution is 0.342. The zero-order valence-corrected chi connectivity index (χ0v) is 9.57. The molecule has 84 valence electrons. The Labute approximate surface area is 96.3 Å². The fraction of sp³-hybridized carbons (Fsp3) is 0.429. The van der Waals surface area contributed by atoms with E-state index in [4.69, 9.17) is 4.74 Å². The summed E-state index contributed by atoms with van der Waals surface area (Å²) in [5.41, 5.74) is 2.55. The van der Waals surface area contributed by atoms with Gasteiger partial charge in [0.2, 0.25) is 0 Å². The second kappa shape index (κ2) is 3.95. The minimum absolute atomic E-state index is 0.727. The average molecular weight is 215 g/mol. The van der Waals surface area contributed by atoms with E-state index in [0.717, 1.165) is 30.9 Å². The van der Waals surface area contributed by atoms with Crippen LogP contribution in [0.3, 0.4) is 0 Å². The van der Waals surface area contributed by atoms with Gasteiger partial charge < -0.3 is 10.1 Å². The third-order valence-electron chi connectivity index (χ3n) is 3.39. The van der Waals surface area contributed by atoms with Gasteiger partial charge in [0.25, 0.3) is 0 Å². The van der Waals surface area contributed by atoms with Gasteiger partial charge in [0.1, 0.15) is 12.4 Å². The molecule has 2 heteroatoms. The first-order valence-corrected chi connectivity index (χ1v) is 5.97. The van der Waals surface area contributed by atoms with Crippen LogP contribution in [0.15, 0.2) is 29.8 Å². The van der Waals surface area contributed by atoms with Crippen molar-refractivity contribution in [2.45, 2.75) is 19.4 Å². The van der Waals surface area contributed by atoms with Crippen molar-refractivity contribution >= 4 is 6.08 Å². The van der Waals surface area contributed by atoms with E-state index in [9.17, 15) is 0 Å². The maximum absolute atomic E-state index is 5.71. The molecule has 3 rings (SSSR count). The van der Waals surface area contributed by atoms with Gasteiger partial charge in [-0.2, -0.15) is 0 Å². The van der Waals surface area contributed by atoms with Crippen molar-refractivity contribution in [1.29, 1.82) is 0 Å². The first-order valence-electron chi connectivity index (χ1n) is 5.97. The third-order valence-corrected chi connectivity index (χ3v) is 3.39. The van der Waals surface area contributed by atoms with Crippen molar-refractivity contribution in [3.8, 4) is 5.75 Å². The van der Waals surface area contributed by atoms with Crippen molar-refractivity contribution in [2.24, 2.45) is 5.92 Å². The highest BCUT2D eigenvalue weighted by Gasteiger charge is 2.31. The first kappa shape index (κ1) is 9.91. The van der Waals surface area contributed by atoms with Crippen LogP contribution in [0.5, 0.6) is 5.75 Å². The van der Waals surface area contributed by atoms with Crippen LogP contribution in [0, 0.1) is 5.92 Å². The predicted octanol–water partition coefficient (Wildman–Crippen LogP) is 2.46. The minimum atomic E-state index is 0.727. The van der Waals surface area contributed by atoms with E-state index in [0.29, 0.717) is 0 Å². The van der Waals surface area contributed by atoms with Crippen molar-refractivity contribution in [3.63, 3.8) is 0 Å². The summed E-state index contributed by atoms with van der Waals surface area (Å²) in [5.74, 6) is 1.86. The van der Waals surface area contributed by atoms with E-state index in [1.165, 1.54) is 17.6 Å². The van der Waals surface area contributed by atoms with Crippen LogP contribution in [0.1, 0.15) is 18.9 Å².